The Kier molecular flexibility index (Phi) is 6.22. The van der Waals surface area contributed by atoms with Gasteiger partial charge in [-0.25, -0.2) is 0 Å². The molecule has 0 N–H and O–H groups in total. The summed E-state index contributed by atoms with van der Waals surface area (Å²) in [5.74, 6) is -0.617. The molecular weight excluding hydrogens is 334 g/mol. The zero-order chi connectivity index (χ0) is 19.3. The van der Waals surface area contributed by atoms with Crippen molar-refractivity contribution in [3.8, 4) is 0 Å². The molecule has 0 aromatic heterocycles. The van der Waals surface area contributed by atoms with Crippen LogP contribution in [0.3, 0.4) is 0 Å². The number of non-ortho nitro benzene ring substituents is 1. The highest BCUT2D eigenvalue weighted by atomic mass is 16.6. The molecule has 0 spiro atoms. The van der Waals surface area contributed by atoms with Gasteiger partial charge in [-0.05, 0) is 38.0 Å². The number of ketones is 1. The second-order valence-electron chi connectivity index (χ2n) is 6.23. The Morgan fingerprint density at radius 2 is 1.85 bits per heavy atom. The number of nitrogens with zero attached hydrogens (tertiary/aromatic N) is 1. The molecule has 1 atom stereocenters. The van der Waals surface area contributed by atoms with Crippen molar-refractivity contribution in [2.24, 2.45) is 0 Å². The lowest BCUT2D eigenvalue weighted by molar-refractivity contribution is -0.385. The molecule has 0 unspecified atom stereocenters. The second-order valence-corrected chi connectivity index (χ2v) is 6.23. The van der Waals surface area contributed by atoms with Crippen molar-refractivity contribution >= 4 is 17.4 Å². The molecule has 0 heterocycles. The Morgan fingerprint density at radius 3 is 2.54 bits per heavy atom. The topological polar surface area (TPSA) is 86.5 Å². The van der Waals surface area contributed by atoms with E-state index in [1.54, 1.807) is 19.1 Å². The van der Waals surface area contributed by atoms with Gasteiger partial charge in [-0.2, -0.15) is 0 Å². The molecule has 0 fully saturated rings. The summed E-state index contributed by atoms with van der Waals surface area (Å²) in [6, 6.07) is 11.6. The van der Waals surface area contributed by atoms with Crippen LogP contribution in [0.5, 0.6) is 0 Å². The van der Waals surface area contributed by atoms with Gasteiger partial charge in [-0.1, -0.05) is 29.8 Å². The maximum Gasteiger partial charge on any atom is 0.306 e. The molecule has 2 aromatic carbocycles. The van der Waals surface area contributed by atoms with Crippen LogP contribution in [-0.2, 0) is 9.53 Å². The quantitative estimate of drug-likeness (QED) is 0.316. The van der Waals surface area contributed by atoms with Crippen LogP contribution in [0.4, 0.5) is 5.69 Å². The highest BCUT2D eigenvalue weighted by Gasteiger charge is 2.17. The fourth-order valence-corrected chi connectivity index (χ4v) is 2.60. The third-order valence-electron chi connectivity index (χ3n) is 4.11. The fourth-order valence-electron chi connectivity index (χ4n) is 2.60. The number of Topliss-reactive ketones (excluding diaryl/α,β-unsaturated/α-hetero) is 1. The van der Waals surface area contributed by atoms with Crippen molar-refractivity contribution in [3.05, 3.63) is 74.8 Å². The molecule has 2 aromatic rings. The van der Waals surface area contributed by atoms with Crippen LogP contribution in [0, 0.1) is 24.0 Å². The highest BCUT2D eigenvalue weighted by Crippen LogP contribution is 2.22. The summed E-state index contributed by atoms with van der Waals surface area (Å²) in [6.45, 7) is 5.41. The number of aryl methyl sites for hydroxylation is 2. The average molecular weight is 355 g/mol. The van der Waals surface area contributed by atoms with Gasteiger partial charge in [0, 0.05) is 24.1 Å². The largest absolute Gasteiger partial charge is 0.458 e. The summed E-state index contributed by atoms with van der Waals surface area (Å²) in [5.41, 5.74) is 2.95. The number of ether oxygens (including phenoxy) is 1. The van der Waals surface area contributed by atoms with Gasteiger partial charge in [0.15, 0.2) is 5.78 Å². The Bertz CT molecular complexity index is 844. The van der Waals surface area contributed by atoms with Gasteiger partial charge in [0.05, 0.1) is 11.3 Å². The van der Waals surface area contributed by atoms with Crippen LogP contribution in [0.15, 0.2) is 42.5 Å². The molecule has 6 nitrogen and oxygen atoms in total. The number of nitro groups is 1. The van der Waals surface area contributed by atoms with Gasteiger partial charge in [0.2, 0.25) is 0 Å². The van der Waals surface area contributed by atoms with Crippen LogP contribution >= 0.6 is 0 Å². The summed E-state index contributed by atoms with van der Waals surface area (Å²) < 4.78 is 5.30. The van der Waals surface area contributed by atoms with E-state index in [1.165, 1.54) is 12.1 Å². The van der Waals surface area contributed by atoms with Gasteiger partial charge in [0.1, 0.15) is 6.10 Å². The van der Waals surface area contributed by atoms with Crippen molar-refractivity contribution in [2.45, 2.75) is 39.7 Å². The van der Waals surface area contributed by atoms with Gasteiger partial charge < -0.3 is 4.74 Å². The molecule has 0 amide bonds. The lowest BCUT2D eigenvalue weighted by Crippen LogP contribution is -2.12. The molecule has 2 rings (SSSR count). The number of hydrogen-bond donors (Lipinski definition) is 0. The first kappa shape index (κ1) is 19.3. The first-order valence-electron chi connectivity index (χ1n) is 8.32. The van der Waals surface area contributed by atoms with Crippen LogP contribution in [0.1, 0.15) is 52.9 Å². The molecule has 26 heavy (non-hydrogen) atoms. The Labute approximate surface area is 151 Å². The monoisotopic (exact) mass is 355 g/mol. The second kappa shape index (κ2) is 8.38. The maximum absolute atomic E-state index is 12.3. The Balaban J connectivity index is 1.94. The minimum Gasteiger partial charge on any atom is -0.458 e. The number of benzene rings is 2. The van der Waals surface area contributed by atoms with Crippen molar-refractivity contribution in [2.75, 3.05) is 0 Å². The predicted molar refractivity (Wildman–Crippen MR) is 97.1 cm³/mol. The molecule has 136 valence electrons. The van der Waals surface area contributed by atoms with E-state index in [9.17, 15) is 19.7 Å². The molecular formula is C20H21NO5. The molecule has 0 saturated carbocycles. The average Bonchev–Trinajstić information content (AvgIpc) is 2.61. The standard InChI is InChI=1S/C20H21NO5/c1-13-7-8-14(2)18(11-13)19(22)9-10-20(23)26-15(3)16-5-4-6-17(12-16)21(24)25/h4-8,11-12,15H,9-10H2,1-3H3/t15-/m0/s1. The van der Waals surface area contributed by atoms with E-state index in [-0.39, 0.29) is 24.3 Å². The van der Waals surface area contributed by atoms with E-state index >= 15 is 0 Å². The van der Waals surface area contributed by atoms with Crippen molar-refractivity contribution < 1.29 is 19.2 Å². The van der Waals surface area contributed by atoms with E-state index in [4.69, 9.17) is 4.74 Å². The van der Waals surface area contributed by atoms with E-state index in [2.05, 4.69) is 0 Å². The van der Waals surface area contributed by atoms with Gasteiger partial charge >= 0.3 is 5.97 Å². The van der Waals surface area contributed by atoms with Gasteiger partial charge in [0.25, 0.3) is 5.69 Å². The summed E-state index contributed by atoms with van der Waals surface area (Å²) in [5, 5.41) is 10.8. The zero-order valence-corrected chi connectivity index (χ0v) is 15.0. The third kappa shape index (κ3) is 4.99. The molecule has 0 bridgehead atoms. The fraction of sp³-hybridized carbons (Fsp3) is 0.300. The normalized spacial score (nSPS) is 11.7. The summed E-state index contributed by atoms with van der Waals surface area (Å²) in [6.07, 6.45) is -0.603. The highest BCUT2D eigenvalue weighted by molar-refractivity contribution is 5.98. The number of nitro benzene ring substituents is 1. The number of carbonyl (C=O) groups excluding carboxylic acids is 2. The minimum absolute atomic E-state index is 0.0362. The van der Waals surface area contributed by atoms with E-state index in [0.717, 1.165) is 11.1 Å². The molecule has 0 radical (unpaired) electrons. The molecule has 0 aliphatic carbocycles. The van der Waals surface area contributed by atoms with Crippen LogP contribution in [-0.4, -0.2) is 16.7 Å². The van der Waals surface area contributed by atoms with Gasteiger partial charge in [-0.15, -0.1) is 0 Å². The number of rotatable bonds is 7. The van der Waals surface area contributed by atoms with E-state index in [1.807, 2.05) is 32.0 Å². The van der Waals surface area contributed by atoms with Crippen LogP contribution in [0.2, 0.25) is 0 Å². The predicted octanol–water partition coefficient (Wildman–Crippen LogP) is 4.48. The van der Waals surface area contributed by atoms with Crippen LogP contribution in [0.25, 0.3) is 0 Å². The lowest BCUT2D eigenvalue weighted by atomic mass is 9.99. The maximum atomic E-state index is 12.3. The van der Waals surface area contributed by atoms with E-state index < -0.39 is 17.0 Å². The zero-order valence-electron chi connectivity index (χ0n) is 15.0. The Hall–Kier alpha value is -3.02. The molecule has 0 aliphatic rings. The lowest BCUT2D eigenvalue weighted by Gasteiger charge is -2.13. The summed E-state index contributed by atoms with van der Waals surface area (Å²) in [7, 11) is 0. The third-order valence-corrected chi connectivity index (χ3v) is 4.11. The first-order valence-corrected chi connectivity index (χ1v) is 8.32. The Morgan fingerprint density at radius 1 is 1.12 bits per heavy atom. The summed E-state index contributed by atoms with van der Waals surface area (Å²) >= 11 is 0. The van der Waals surface area contributed by atoms with Crippen molar-refractivity contribution in [1.29, 1.82) is 0 Å². The first-order chi connectivity index (χ1) is 12.3. The minimum atomic E-state index is -0.627. The molecule has 0 aliphatic heterocycles. The van der Waals surface area contributed by atoms with Crippen molar-refractivity contribution in [3.63, 3.8) is 0 Å². The number of esters is 1. The molecule has 0 saturated heterocycles. The van der Waals surface area contributed by atoms with Crippen molar-refractivity contribution in [1.82, 2.24) is 0 Å². The smallest absolute Gasteiger partial charge is 0.306 e. The van der Waals surface area contributed by atoms with E-state index in [0.29, 0.717) is 11.1 Å². The van der Waals surface area contributed by atoms with Crippen LogP contribution < -0.4 is 0 Å². The summed E-state index contributed by atoms with van der Waals surface area (Å²) in [4.78, 5) is 34.7. The molecule has 6 heteroatoms. The number of carbonyl (C=O) groups is 2. The van der Waals surface area contributed by atoms with Gasteiger partial charge in [-0.3, -0.25) is 19.7 Å². The number of hydrogen-bond acceptors (Lipinski definition) is 5. The SMILES string of the molecule is Cc1ccc(C)c(C(=O)CCC(=O)O[C@@H](C)c2cccc([N+](=O)[O-])c2)c1.